The van der Waals surface area contributed by atoms with Gasteiger partial charge in [-0.05, 0) is 49.4 Å². The van der Waals surface area contributed by atoms with Crippen LogP contribution in [0.2, 0.25) is 0 Å². The van der Waals surface area contributed by atoms with Crippen molar-refractivity contribution in [2.75, 3.05) is 7.05 Å². The van der Waals surface area contributed by atoms with Crippen LogP contribution in [-0.4, -0.2) is 29.3 Å². The van der Waals surface area contributed by atoms with Crippen LogP contribution in [0.15, 0.2) is 88.6 Å². The van der Waals surface area contributed by atoms with Gasteiger partial charge in [0.25, 0.3) is 5.56 Å². The molecule has 34 heavy (non-hydrogen) atoms. The van der Waals surface area contributed by atoms with Gasteiger partial charge in [-0.2, -0.15) is 17.5 Å². The molecule has 176 valence electrons. The molecule has 0 N–H and O–H groups in total. The molecular formula is C24H20F3N3O3S. The summed E-state index contributed by atoms with van der Waals surface area (Å²) < 4.78 is 68.2. The number of para-hydroxylation sites is 2. The molecule has 10 heteroatoms. The number of aromatic nitrogens is 2. The first-order valence-corrected chi connectivity index (χ1v) is 11.7. The van der Waals surface area contributed by atoms with Crippen LogP contribution in [-0.2, 0) is 16.2 Å². The third kappa shape index (κ3) is 4.22. The molecule has 0 radical (unpaired) electrons. The summed E-state index contributed by atoms with van der Waals surface area (Å²) >= 11 is 0. The molecule has 4 rings (SSSR count). The van der Waals surface area contributed by atoms with Crippen LogP contribution < -0.4 is 5.56 Å². The van der Waals surface area contributed by atoms with E-state index in [9.17, 15) is 26.4 Å². The van der Waals surface area contributed by atoms with Gasteiger partial charge in [0.15, 0.2) is 0 Å². The normalized spacial score (nSPS) is 13.4. The molecule has 1 aromatic heterocycles. The van der Waals surface area contributed by atoms with Crippen LogP contribution >= 0.6 is 0 Å². The van der Waals surface area contributed by atoms with E-state index in [1.54, 1.807) is 54.6 Å². The van der Waals surface area contributed by atoms with Crippen molar-refractivity contribution in [3.05, 3.63) is 101 Å². The fraction of sp³-hybridized carbons (Fsp3) is 0.167. The van der Waals surface area contributed by atoms with E-state index in [0.717, 1.165) is 22.5 Å². The average Bonchev–Trinajstić information content (AvgIpc) is 2.83. The third-order valence-corrected chi connectivity index (χ3v) is 7.50. The van der Waals surface area contributed by atoms with Crippen molar-refractivity contribution in [3.8, 4) is 5.69 Å². The number of sulfonamides is 1. The number of halogens is 3. The van der Waals surface area contributed by atoms with Crippen LogP contribution in [0.5, 0.6) is 0 Å². The third-order valence-electron chi connectivity index (χ3n) is 5.57. The number of hydrogen-bond donors (Lipinski definition) is 0. The molecule has 0 amide bonds. The Kier molecular flexibility index (Phi) is 6.05. The first-order chi connectivity index (χ1) is 16.0. The number of alkyl halides is 3. The SMILES string of the molecule is CC(c1nc2ccccc2c(=O)n1-c1ccccc1)N(C)S(=O)(=O)c1cccc(C(F)(F)F)c1. The summed E-state index contributed by atoms with van der Waals surface area (Å²) in [6.07, 6.45) is -4.69. The van der Waals surface area contributed by atoms with Gasteiger partial charge in [0.05, 0.1) is 33.1 Å². The number of rotatable bonds is 5. The van der Waals surface area contributed by atoms with E-state index < -0.39 is 32.7 Å². The summed E-state index contributed by atoms with van der Waals surface area (Å²) in [5.74, 6) is 0.132. The number of benzene rings is 3. The minimum Gasteiger partial charge on any atom is -0.268 e. The lowest BCUT2D eigenvalue weighted by Crippen LogP contribution is -2.35. The van der Waals surface area contributed by atoms with E-state index in [0.29, 0.717) is 22.7 Å². The van der Waals surface area contributed by atoms with Gasteiger partial charge in [-0.1, -0.05) is 36.4 Å². The Morgan fingerprint density at radius 1 is 0.941 bits per heavy atom. The first kappa shape index (κ1) is 23.7. The molecule has 1 heterocycles. The molecule has 6 nitrogen and oxygen atoms in total. The molecule has 0 spiro atoms. The molecule has 0 aliphatic rings. The molecular weight excluding hydrogens is 467 g/mol. The van der Waals surface area contributed by atoms with Gasteiger partial charge in [0.1, 0.15) is 5.82 Å². The highest BCUT2D eigenvalue weighted by Crippen LogP contribution is 2.32. The lowest BCUT2D eigenvalue weighted by Gasteiger charge is -2.26. The first-order valence-electron chi connectivity index (χ1n) is 10.2. The second kappa shape index (κ2) is 8.69. The van der Waals surface area contributed by atoms with Gasteiger partial charge < -0.3 is 0 Å². The molecule has 1 atom stereocenters. The molecule has 0 bridgehead atoms. The van der Waals surface area contributed by atoms with Crippen molar-refractivity contribution in [2.24, 2.45) is 0 Å². The highest BCUT2D eigenvalue weighted by molar-refractivity contribution is 7.89. The van der Waals surface area contributed by atoms with Crippen molar-refractivity contribution in [1.29, 1.82) is 0 Å². The summed E-state index contributed by atoms with van der Waals surface area (Å²) in [4.78, 5) is 17.4. The Labute approximate surface area is 194 Å². The number of fused-ring (bicyclic) bond motifs is 1. The topological polar surface area (TPSA) is 72.3 Å². The molecule has 3 aromatic carbocycles. The van der Waals surface area contributed by atoms with E-state index in [-0.39, 0.29) is 11.4 Å². The zero-order valence-electron chi connectivity index (χ0n) is 18.2. The number of nitrogens with zero attached hydrogens (tertiary/aromatic N) is 3. The van der Waals surface area contributed by atoms with E-state index in [1.807, 2.05) is 0 Å². The highest BCUT2D eigenvalue weighted by atomic mass is 32.2. The van der Waals surface area contributed by atoms with E-state index in [1.165, 1.54) is 18.5 Å². The minimum atomic E-state index is -4.69. The van der Waals surface area contributed by atoms with Gasteiger partial charge in [-0.25, -0.2) is 13.4 Å². The Morgan fingerprint density at radius 3 is 2.26 bits per heavy atom. The maximum Gasteiger partial charge on any atom is 0.416 e. The Morgan fingerprint density at radius 2 is 1.59 bits per heavy atom. The Balaban J connectivity index is 1.87. The van der Waals surface area contributed by atoms with E-state index in [2.05, 4.69) is 4.98 Å². The minimum absolute atomic E-state index is 0.132. The standard InChI is InChI=1S/C24H20F3N3O3S/c1-16(29(2)34(32,33)19-12-8-9-17(15-19)24(25,26)27)22-28-21-14-7-6-13-20(21)23(31)30(22)18-10-4-3-5-11-18/h3-16H,1-2H3. The highest BCUT2D eigenvalue weighted by Gasteiger charge is 2.34. The average molecular weight is 488 g/mol. The van der Waals surface area contributed by atoms with Crippen LogP contribution in [0.3, 0.4) is 0 Å². The van der Waals surface area contributed by atoms with Crippen LogP contribution in [0.25, 0.3) is 16.6 Å². The van der Waals surface area contributed by atoms with Crippen molar-refractivity contribution in [1.82, 2.24) is 13.9 Å². The quantitative estimate of drug-likeness (QED) is 0.406. The molecule has 4 aromatic rings. The van der Waals surface area contributed by atoms with Crippen LogP contribution in [0.4, 0.5) is 13.2 Å². The largest absolute Gasteiger partial charge is 0.416 e. The summed E-state index contributed by atoms with van der Waals surface area (Å²) in [6.45, 7) is 1.53. The lowest BCUT2D eigenvalue weighted by atomic mass is 10.2. The van der Waals surface area contributed by atoms with Crippen molar-refractivity contribution >= 4 is 20.9 Å². The molecule has 0 saturated carbocycles. The van der Waals surface area contributed by atoms with E-state index >= 15 is 0 Å². The van der Waals surface area contributed by atoms with Gasteiger partial charge in [-0.15, -0.1) is 0 Å². The van der Waals surface area contributed by atoms with Gasteiger partial charge in [0.2, 0.25) is 10.0 Å². The van der Waals surface area contributed by atoms with Crippen LogP contribution in [0, 0.1) is 0 Å². The zero-order valence-corrected chi connectivity index (χ0v) is 19.0. The second-order valence-corrected chi connectivity index (χ2v) is 9.68. The van der Waals surface area contributed by atoms with E-state index in [4.69, 9.17) is 0 Å². The Hall–Kier alpha value is -3.50. The Bertz CT molecular complexity index is 1520. The smallest absolute Gasteiger partial charge is 0.268 e. The molecule has 0 aliphatic carbocycles. The summed E-state index contributed by atoms with van der Waals surface area (Å²) in [7, 11) is -3.11. The van der Waals surface area contributed by atoms with Crippen molar-refractivity contribution < 1.29 is 21.6 Å². The maximum atomic E-state index is 13.4. The molecule has 0 aliphatic heterocycles. The molecule has 1 unspecified atom stereocenters. The van der Waals surface area contributed by atoms with Crippen molar-refractivity contribution in [3.63, 3.8) is 0 Å². The maximum absolute atomic E-state index is 13.4. The second-order valence-electron chi connectivity index (χ2n) is 7.69. The fourth-order valence-electron chi connectivity index (χ4n) is 3.63. The molecule has 0 saturated heterocycles. The zero-order chi connectivity index (χ0) is 24.7. The van der Waals surface area contributed by atoms with Gasteiger partial charge in [-0.3, -0.25) is 9.36 Å². The van der Waals surface area contributed by atoms with Gasteiger partial charge >= 0.3 is 6.18 Å². The summed E-state index contributed by atoms with van der Waals surface area (Å²) in [6, 6.07) is 17.9. The van der Waals surface area contributed by atoms with Crippen molar-refractivity contribution in [2.45, 2.75) is 24.0 Å². The van der Waals surface area contributed by atoms with Crippen LogP contribution in [0.1, 0.15) is 24.4 Å². The summed E-state index contributed by atoms with van der Waals surface area (Å²) in [5.41, 5.74) is -0.591. The number of hydrogen-bond acceptors (Lipinski definition) is 4. The lowest BCUT2D eigenvalue weighted by molar-refractivity contribution is -0.137. The van der Waals surface area contributed by atoms with Gasteiger partial charge in [0, 0.05) is 7.05 Å². The predicted molar refractivity (Wildman–Crippen MR) is 122 cm³/mol. The summed E-state index contributed by atoms with van der Waals surface area (Å²) in [5, 5.41) is 0.352. The molecule has 0 fully saturated rings. The predicted octanol–water partition coefficient (Wildman–Crippen LogP) is 4.79. The fourth-order valence-corrected chi connectivity index (χ4v) is 5.00. The monoisotopic (exact) mass is 487 g/mol.